The van der Waals surface area contributed by atoms with Gasteiger partial charge < -0.3 is 9.88 Å². The lowest BCUT2D eigenvalue weighted by Gasteiger charge is -2.11. The third-order valence-corrected chi connectivity index (χ3v) is 5.17. The Labute approximate surface area is 162 Å². The van der Waals surface area contributed by atoms with Crippen molar-refractivity contribution in [3.05, 3.63) is 57.0 Å². The molecule has 2 heterocycles. The van der Waals surface area contributed by atoms with Crippen molar-refractivity contribution in [3.63, 3.8) is 0 Å². The van der Waals surface area contributed by atoms with Crippen molar-refractivity contribution < 1.29 is 4.79 Å². The average Bonchev–Trinajstić information content (AvgIpc) is 3.13. The first-order valence-electron chi connectivity index (χ1n) is 9.34. The van der Waals surface area contributed by atoms with Crippen LogP contribution in [0.25, 0.3) is 11.2 Å². The molecule has 1 amide bonds. The number of hydrogen-bond donors (Lipinski definition) is 1. The Morgan fingerprint density at radius 2 is 1.82 bits per heavy atom. The number of amides is 1. The van der Waals surface area contributed by atoms with E-state index in [0.29, 0.717) is 23.6 Å². The maximum absolute atomic E-state index is 12.4. The number of imidazole rings is 1. The number of aromatic nitrogens is 4. The Kier molecular flexibility index (Phi) is 5.48. The quantitative estimate of drug-likeness (QED) is 0.705. The number of nitrogens with zero attached hydrogens (tertiary/aromatic N) is 4. The van der Waals surface area contributed by atoms with Gasteiger partial charge in [-0.15, -0.1) is 0 Å². The maximum atomic E-state index is 12.4. The van der Waals surface area contributed by atoms with E-state index in [0.717, 1.165) is 16.7 Å². The number of anilines is 1. The van der Waals surface area contributed by atoms with Gasteiger partial charge in [-0.05, 0) is 30.0 Å². The molecule has 0 aliphatic rings. The molecule has 0 spiro atoms. The molecule has 0 saturated heterocycles. The summed E-state index contributed by atoms with van der Waals surface area (Å²) in [6.07, 6.45) is 2.74. The van der Waals surface area contributed by atoms with E-state index in [4.69, 9.17) is 0 Å². The number of nitrogens with one attached hydrogen (secondary N) is 1. The molecule has 0 saturated carbocycles. The predicted molar refractivity (Wildman–Crippen MR) is 109 cm³/mol. The maximum Gasteiger partial charge on any atom is 0.332 e. The molecule has 2 aromatic heterocycles. The summed E-state index contributed by atoms with van der Waals surface area (Å²) >= 11 is 0. The molecule has 8 heteroatoms. The van der Waals surface area contributed by atoms with Gasteiger partial charge in [0.2, 0.25) is 5.91 Å². The predicted octanol–water partition coefficient (Wildman–Crippen LogP) is 1.98. The van der Waals surface area contributed by atoms with E-state index in [9.17, 15) is 14.4 Å². The minimum absolute atomic E-state index is 0.153. The van der Waals surface area contributed by atoms with E-state index in [1.807, 2.05) is 24.3 Å². The van der Waals surface area contributed by atoms with Crippen LogP contribution in [0.2, 0.25) is 0 Å². The van der Waals surface area contributed by atoms with Crippen LogP contribution >= 0.6 is 0 Å². The molecule has 1 N–H and O–H groups in total. The fourth-order valence-corrected chi connectivity index (χ4v) is 3.14. The molecule has 148 valence electrons. The van der Waals surface area contributed by atoms with E-state index in [1.54, 1.807) is 11.6 Å². The Bertz CT molecular complexity index is 1120. The van der Waals surface area contributed by atoms with E-state index >= 15 is 0 Å². The van der Waals surface area contributed by atoms with Crippen molar-refractivity contribution in [1.82, 2.24) is 18.7 Å². The second-order valence-corrected chi connectivity index (χ2v) is 7.05. The zero-order valence-electron chi connectivity index (χ0n) is 16.6. The first-order valence-corrected chi connectivity index (χ1v) is 9.34. The van der Waals surface area contributed by atoms with Gasteiger partial charge in [-0.2, -0.15) is 0 Å². The summed E-state index contributed by atoms with van der Waals surface area (Å²) in [5.41, 5.74) is 1.76. The van der Waals surface area contributed by atoms with Crippen LogP contribution in [0.4, 0.5) is 5.69 Å². The van der Waals surface area contributed by atoms with Gasteiger partial charge in [0.15, 0.2) is 11.2 Å². The topological polar surface area (TPSA) is 90.9 Å². The summed E-state index contributed by atoms with van der Waals surface area (Å²) in [7, 11) is 2.99. The van der Waals surface area contributed by atoms with Gasteiger partial charge >= 0.3 is 5.69 Å². The molecule has 0 aliphatic heterocycles. The normalized spacial score (nSPS) is 12.3. The summed E-state index contributed by atoms with van der Waals surface area (Å²) in [5, 5.41) is 2.87. The molecule has 0 fully saturated rings. The van der Waals surface area contributed by atoms with Gasteiger partial charge in [0.1, 0.15) is 0 Å². The van der Waals surface area contributed by atoms with E-state index in [2.05, 4.69) is 24.1 Å². The molecular formula is C20H25N5O3. The zero-order valence-corrected chi connectivity index (χ0v) is 16.6. The fourth-order valence-electron chi connectivity index (χ4n) is 3.14. The molecular weight excluding hydrogens is 358 g/mol. The second-order valence-electron chi connectivity index (χ2n) is 7.05. The van der Waals surface area contributed by atoms with Gasteiger partial charge in [-0.1, -0.05) is 26.0 Å². The smallest absolute Gasteiger partial charge is 0.326 e. The molecule has 0 radical (unpaired) electrons. The van der Waals surface area contributed by atoms with Crippen molar-refractivity contribution in [2.75, 3.05) is 5.32 Å². The molecule has 3 aromatic rings. The Morgan fingerprint density at radius 1 is 1.14 bits per heavy atom. The number of rotatable bonds is 6. The van der Waals surface area contributed by atoms with Crippen molar-refractivity contribution in [3.8, 4) is 0 Å². The van der Waals surface area contributed by atoms with E-state index in [-0.39, 0.29) is 12.3 Å². The number of hydrogen-bond acceptors (Lipinski definition) is 4. The number of benzene rings is 1. The van der Waals surface area contributed by atoms with Crippen molar-refractivity contribution in [2.45, 2.75) is 39.2 Å². The molecule has 1 atom stereocenters. The largest absolute Gasteiger partial charge is 0.332 e. The summed E-state index contributed by atoms with van der Waals surface area (Å²) < 4.78 is 3.98. The zero-order chi connectivity index (χ0) is 20.4. The van der Waals surface area contributed by atoms with Gasteiger partial charge in [0.05, 0.1) is 6.33 Å². The number of aryl methyl sites for hydroxylation is 2. The summed E-state index contributed by atoms with van der Waals surface area (Å²) in [6, 6.07) is 7.85. The monoisotopic (exact) mass is 383 g/mol. The highest BCUT2D eigenvalue weighted by Gasteiger charge is 2.15. The standard InChI is InChI=1S/C20H25N5O3/c1-5-13(2)14-6-8-15(9-7-14)22-16(26)10-11-25-12-21-18-17(25)19(27)24(4)20(28)23(18)3/h6-9,12-13H,5,10-11H2,1-4H3,(H,22,26)/t13-/m0/s1. The lowest BCUT2D eigenvalue weighted by molar-refractivity contribution is -0.116. The molecule has 1 aromatic carbocycles. The van der Waals surface area contributed by atoms with Crippen LogP contribution in [-0.4, -0.2) is 24.6 Å². The van der Waals surface area contributed by atoms with Crippen LogP contribution in [0.5, 0.6) is 0 Å². The Morgan fingerprint density at radius 3 is 2.46 bits per heavy atom. The summed E-state index contributed by atoms with van der Waals surface area (Å²) in [5.74, 6) is 0.331. The first-order chi connectivity index (χ1) is 13.3. The minimum atomic E-state index is -0.429. The van der Waals surface area contributed by atoms with Crippen LogP contribution in [0, 0.1) is 0 Å². The van der Waals surface area contributed by atoms with Crippen molar-refractivity contribution in [1.29, 1.82) is 0 Å². The third kappa shape index (κ3) is 3.62. The van der Waals surface area contributed by atoms with Crippen LogP contribution < -0.4 is 16.6 Å². The Hall–Kier alpha value is -3.16. The average molecular weight is 383 g/mol. The van der Waals surface area contributed by atoms with Gasteiger partial charge in [0.25, 0.3) is 5.56 Å². The van der Waals surface area contributed by atoms with Crippen molar-refractivity contribution >= 4 is 22.8 Å². The first kappa shape index (κ1) is 19.6. The van der Waals surface area contributed by atoms with Crippen LogP contribution in [0.1, 0.15) is 38.2 Å². The number of carbonyl (C=O) groups is 1. The molecule has 3 rings (SSSR count). The highest BCUT2D eigenvalue weighted by molar-refractivity contribution is 5.90. The van der Waals surface area contributed by atoms with Crippen LogP contribution in [0.3, 0.4) is 0 Å². The number of fused-ring (bicyclic) bond motifs is 1. The molecule has 28 heavy (non-hydrogen) atoms. The summed E-state index contributed by atoms with van der Waals surface area (Å²) in [6.45, 7) is 4.61. The molecule has 8 nitrogen and oxygen atoms in total. The van der Waals surface area contributed by atoms with Crippen LogP contribution in [-0.2, 0) is 25.4 Å². The Balaban J connectivity index is 1.72. The second kappa shape index (κ2) is 7.84. The minimum Gasteiger partial charge on any atom is -0.326 e. The summed E-state index contributed by atoms with van der Waals surface area (Å²) in [4.78, 5) is 40.9. The van der Waals surface area contributed by atoms with E-state index in [1.165, 1.54) is 23.5 Å². The van der Waals surface area contributed by atoms with Crippen molar-refractivity contribution in [2.24, 2.45) is 14.1 Å². The van der Waals surface area contributed by atoms with Gasteiger partial charge in [-0.3, -0.25) is 18.7 Å². The highest BCUT2D eigenvalue weighted by Crippen LogP contribution is 2.20. The highest BCUT2D eigenvalue weighted by atomic mass is 16.2. The lowest BCUT2D eigenvalue weighted by Crippen LogP contribution is -2.37. The fraction of sp³-hybridized carbons (Fsp3) is 0.400. The van der Waals surface area contributed by atoms with Gasteiger partial charge in [-0.25, -0.2) is 9.78 Å². The molecule has 0 aliphatic carbocycles. The number of carbonyl (C=O) groups excluding carboxylic acids is 1. The van der Waals surface area contributed by atoms with E-state index < -0.39 is 11.2 Å². The molecule has 0 unspecified atom stereocenters. The molecule has 0 bridgehead atoms. The third-order valence-electron chi connectivity index (χ3n) is 5.17. The SMILES string of the molecule is CC[C@H](C)c1ccc(NC(=O)CCn2cnc3c2c(=O)n(C)c(=O)n3C)cc1. The lowest BCUT2D eigenvalue weighted by atomic mass is 9.99. The van der Waals surface area contributed by atoms with Crippen LogP contribution in [0.15, 0.2) is 40.2 Å². The van der Waals surface area contributed by atoms with Gasteiger partial charge in [0, 0.05) is 32.7 Å².